The van der Waals surface area contributed by atoms with E-state index in [1.54, 1.807) is 12.2 Å². The Bertz CT molecular complexity index is 691. The molecule has 24 heavy (non-hydrogen) atoms. The van der Waals surface area contributed by atoms with Crippen molar-refractivity contribution in [2.75, 3.05) is 0 Å². The van der Waals surface area contributed by atoms with Gasteiger partial charge < -0.3 is 5.32 Å². The van der Waals surface area contributed by atoms with Gasteiger partial charge in [-0.05, 0) is 56.4 Å². The molecule has 2 aliphatic rings. The van der Waals surface area contributed by atoms with E-state index < -0.39 is 0 Å². The molecule has 2 heteroatoms. The molecule has 1 heterocycles. The highest BCUT2D eigenvalue weighted by Crippen LogP contribution is 2.49. The average Bonchev–Trinajstić information content (AvgIpc) is 2.83. The summed E-state index contributed by atoms with van der Waals surface area (Å²) in [4.78, 5) is 11.7. The number of allylic oxidation sites excluding steroid dienone is 4. The number of benzene rings is 1. The van der Waals surface area contributed by atoms with Gasteiger partial charge in [-0.25, -0.2) is 0 Å². The van der Waals surface area contributed by atoms with Gasteiger partial charge in [-0.3, -0.25) is 4.79 Å². The second-order valence-electron chi connectivity index (χ2n) is 7.62. The van der Waals surface area contributed by atoms with Crippen LogP contribution in [-0.4, -0.2) is 11.3 Å². The van der Waals surface area contributed by atoms with E-state index in [1.807, 2.05) is 0 Å². The lowest BCUT2D eigenvalue weighted by molar-refractivity contribution is -0.110. The topological polar surface area (TPSA) is 29.1 Å². The molecule has 1 aliphatic heterocycles. The van der Waals surface area contributed by atoms with Crippen molar-refractivity contribution in [3.63, 3.8) is 0 Å². The van der Waals surface area contributed by atoms with Crippen molar-refractivity contribution in [3.8, 4) is 0 Å². The molecule has 1 aliphatic carbocycles. The zero-order valence-corrected chi connectivity index (χ0v) is 14.9. The van der Waals surface area contributed by atoms with Crippen LogP contribution in [0.2, 0.25) is 0 Å². The minimum Gasteiger partial charge on any atom is -0.382 e. The van der Waals surface area contributed by atoms with Crippen LogP contribution in [0.15, 0.2) is 60.3 Å². The lowest BCUT2D eigenvalue weighted by atomic mass is 9.75. The van der Waals surface area contributed by atoms with Crippen molar-refractivity contribution in [2.24, 2.45) is 5.41 Å². The summed E-state index contributed by atoms with van der Waals surface area (Å²) >= 11 is 0. The van der Waals surface area contributed by atoms with Crippen LogP contribution in [0.4, 0.5) is 0 Å². The summed E-state index contributed by atoms with van der Waals surface area (Å²) in [5, 5.41) is 3.78. The maximum atomic E-state index is 11.7. The first-order chi connectivity index (χ1) is 11.5. The Hall–Kier alpha value is -2.09. The summed E-state index contributed by atoms with van der Waals surface area (Å²) < 4.78 is 0. The Balaban J connectivity index is 2.15. The third-order valence-electron chi connectivity index (χ3n) is 4.96. The van der Waals surface area contributed by atoms with Gasteiger partial charge in [0.25, 0.3) is 0 Å². The zero-order chi connectivity index (χ0) is 17.2. The van der Waals surface area contributed by atoms with E-state index in [9.17, 15) is 4.79 Å². The molecule has 1 fully saturated rings. The van der Waals surface area contributed by atoms with Gasteiger partial charge in [-0.2, -0.15) is 0 Å². The third kappa shape index (κ3) is 3.24. The highest BCUT2D eigenvalue weighted by molar-refractivity contribution is 6.00. The number of hydrogen-bond donors (Lipinski definition) is 1. The number of hydrogen-bond acceptors (Lipinski definition) is 2. The molecule has 1 saturated heterocycles. The number of nitrogens with one attached hydrogen (secondary N) is 1. The molecule has 1 aromatic rings. The summed E-state index contributed by atoms with van der Waals surface area (Å²) in [6, 6.07) is 10.7. The smallest absolute Gasteiger partial charge is 0.178 e. The summed E-state index contributed by atoms with van der Waals surface area (Å²) in [7, 11) is 0. The molecule has 3 rings (SSSR count). The first kappa shape index (κ1) is 16.8. The van der Waals surface area contributed by atoms with Gasteiger partial charge in [-0.15, -0.1) is 0 Å². The van der Waals surface area contributed by atoms with Crippen molar-refractivity contribution in [3.05, 3.63) is 65.9 Å². The highest BCUT2D eigenvalue weighted by Gasteiger charge is 2.46. The fourth-order valence-electron chi connectivity index (χ4n) is 3.94. The van der Waals surface area contributed by atoms with Crippen LogP contribution in [0.3, 0.4) is 0 Å². The van der Waals surface area contributed by atoms with Crippen LogP contribution < -0.4 is 5.32 Å². The van der Waals surface area contributed by atoms with E-state index in [2.05, 4.69) is 68.6 Å². The standard InChI is InChI=1S/C22H27NO/c1-4-5-11-19(17-9-7-6-8-10-17)20-22(16-21(2,3)23-20)14-12-18(24)13-15-22/h6-10,12-15,23H,4-5,11,16H2,1-3H3/b20-19+. The van der Waals surface area contributed by atoms with Gasteiger partial charge in [0.1, 0.15) is 0 Å². The molecule has 1 N–H and O–H groups in total. The Morgan fingerprint density at radius 2 is 1.79 bits per heavy atom. The molecular formula is C22H27NO. The highest BCUT2D eigenvalue weighted by atomic mass is 16.1. The zero-order valence-electron chi connectivity index (χ0n) is 14.9. The molecule has 1 aromatic carbocycles. The normalized spacial score (nSPS) is 22.7. The summed E-state index contributed by atoms with van der Waals surface area (Å²) in [6.07, 6.45) is 12.0. The van der Waals surface area contributed by atoms with Crippen LogP contribution in [0.5, 0.6) is 0 Å². The molecule has 126 valence electrons. The molecule has 0 aromatic heterocycles. The van der Waals surface area contributed by atoms with E-state index in [4.69, 9.17) is 0 Å². The van der Waals surface area contributed by atoms with Gasteiger partial charge in [0.05, 0.1) is 0 Å². The van der Waals surface area contributed by atoms with Gasteiger partial charge in [-0.1, -0.05) is 55.8 Å². The van der Waals surface area contributed by atoms with E-state index >= 15 is 0 Å². The second-order valence-corrected chi connectivity index (χ2v) is 7.62. The first-order valence-corrected chi connectivity index (χ1v) is 8.95. The van der Waals surface area contributed by atoms with Crippen LogP contribution in [0, 0.1) is 5.41 Å². The number of carbonyl (C=O) groups excluding carboxylic acids is 1. The fraction of sp³-hybridized carbons (Fsp3) is 0.409. The predicted molar refractivity (Wildman–Crippen MR) is 100 cm³/mol. The number of rotatable bonds is 4. The largest absolute Gasteiger partial charge is 0.382 e. The SMILES string of the molecule is CCCC/C(=C1\NC(C)(C)CC12C=CC(=O)C=C2)c1ccccc1. The van der Waals surface area contributed by atoms with Gasteiger partial charge in [0, 0.05) is 16.7 Å². The van der Waals surface area contributed by atoms with Crippen molar-refractivity contribution >= 4 is 11.4 Å². The van der Waals surface area contributed by atoms with Crippen LogP contribution in [-0.2, 0) is 4.79 Å². The maximum absolute atomic E-state index is 11.7. The molecule has 0 radical (unpaired) electrons. The minimum atomic E-state index is -0.184. The van der Waals surface area contributed by atoms with Crippen LogP contribution in [0.25, 0.3) is 5.57 Å². The number of ketones is 1. The summed E-state index contributed by atoms with van der Waals surface area (Å²) in [5.41, 5.74) is 3.76. The summed E-state index contributed by atoms with van der Waals surface area (Å²) in [6.45, 7) is 6.71. The molecule has 0 saturated carbocycles. The molecule has 0 bridgehead atoms. The van der Waals surface area contributed by atoms with E-state index in [0.717, 1.165) is 19.3 Å². The Morgan fingerprint density at radius 3 is 2.42 bits per heavy atom. The third-order valence-corrected chi connectivity index (χ3v) is 4.96. The van der Waals surface area contributed by atoms with E-state index in [0.29, 0.717) is 0 Å². The monoisotopic (exact) mass is 321 g/mol. The van der Waals surface area contributed by atoms with Gasteiger partial charge in [0.2, 0.25) is 0 Å². The van der Waals surface area contributed by atoms with Crippen molar-refractivity contribution in [2.45, 2.75) is 52.0 Å². The second kappa shape index (κ2) is 6.43. The van der Waals surface area contributed by atoms with Crippen LogP contribution in [0.1, 0.15) is 52.0 Å². The lowest BCUT2D eigenvalue weighted by Gasteiger charge is -2.27. The average molecular weight is 321 g/mol. The molecular weight excluding hydrogens is 294 g/mol. The van der Waals surface area contributed by atoms with E-state index in [-0.39, 0.29) is 16.7 Å². The van der Waals surface area contributed by atoms with E-state index in [1.165, 1.54) is 23.3 Å². The van der Waals surface area contributed by atoms with Crippen molar-refractivity contribution < 1.29 is 4.79 Å². The Labute approximate surface area is 145 Å². The fourth-order valence-corrected chi connectivity index (χ4v) is 3.94. The Morgan fingerprint density at radius 1 is 1.12 bits per heavy atom. The number of unbranched alkanes of at least 4 members (excludes halogenated alkanes) is 1. The number of carbonyl (C=O) groups is 1. The molecule has 2 nitrogen and oxygen atoms in total. The maximum Gasteiger partial charge on any atom is 0.178 e. The quantitative estimate of drug-likeness (QED) is 0.841. The van der Waals surface area contributed by atoms with Crippen LogP contribution >= 0.6 is 0 Å². The van der Waals surface area contributed by atoms with Gasteiger partial charge >= 0.3 is 0 Å². The lowest BCUT2D eigenvalue weighted by Crippen LogP contribution is -2.31. The Kier molecular flexibility index (Phi) is 4.49. The van der Waals surface area contributed by atoms with Crippen molar-refractivity contribution in [1.29, 1.82) is 0 Å². The summed E-state index contributed by atoms with van der Waals surface area (Å²) in [5.74, 6) is 0.0829. The minimum absolute atomic E-state index is 0.0106. The first-order valence-electron chi connectivity index (χ1n) is 8.95. The van der Waals surface area contributed by atoms with Crippen molar-refractivity contribution in [1.82, 2.24) is 5.32 Å². The molecule has 1 spiro atoms. The molecule has 0 unspecified atom stereocenters. The predicted octanol–water partition coefficient (Wildman–Crippen LogP) is 5.04. The molecule has 0 amide bonds. The van der Waals surface area contributed by atoms with Gasteiger partial charge in [0.15, 0.2) is 5.78 Å². The molecule has 0 atom stereocenters.